The van der Waals surface area contributed by atoms with Crippen molar-refractivity contribution in [3.8, 4) is 5.75 Å². The Bertz CT molecular complexity index is 1440. The van der Waals surface area contributed by atoms with Crippen LogP contribution in [0.2, 0.25) is 0 Å². The topological polar surface area (TPSA) is 114 Å². The van der Waals surface area contributed by atoms with E-state index in [4.69, 9.17) is 19.7 Å². The quantitative estimate of drug-likeness (QED) is 0.353. The number of benzene rings is 3. The van der Waals surface area contributed by atoms with E-state index in [0.717, 1.165) is 28.5 Å². The van der Waals surface area contributed by atoms with E-state index in [1.807, 2.05) is 47.1 Å². The monoisotopic (exact) mass is 527 g/mol. The molecule has 3 N–H and O–H groups in total. The van der Waals surface area contributed by atoms with Gasteiger partial charge in [-0.25, -0.2) is 4.79 Å². The number of aromatic hydroxyl groups is 1. The number of nitrogens with zero attached hydrogens (tertiary/aromatic N) is 2. The SMILES string of the molecule is O=C(NCC1OCCc2cn(Cc3ccccc3)nc21)c1cc2ccccc2cc1O.O=C(O)C(F)(F)F. The maximum atomic E-state index is 12.8. The van der Waals surface area contributed by atoms with Gasteiger partial charge in [0.15, 0.2) is 0 Å². The van der Waals surface area contributed by atoms with Crippen molar-refractivity contribution in [2.45, 2.75) is 25.2 Å². The number of carbonyl (C=O) groups excluding carboxylic acids is 1. The third-order valence-electron chi connectivity index (χ3n) is 5.85. The molecule has 11 heteroatoms. The molecule has 1 atom stereocenters. The number of phenolic OH excluding ortho intramolecular Hbond substituents is 1. The molecule has 198 valence electrons. The van der Waals surface area contributed by atoms with Gasteiger partial charge in [0.05, 0.1) is 24.4 Å². The van der Waals surface area contributed by atoms with Crippen LogP contribution < -0.4 is 5.32 Å². The molecule has 1 aliphatic heterocycles. The summed E-state index contributed by atoms with van der Waals surface area (Å²) >= 11 is 0. The molecule has 0 fully saturated rings. The van der Waals surface area contributed by atoms with Crippen LogP contribution in [0.1, 0.15) is 33.3 Å². The fraction of sp³-hybridized carbons (Fsp3) is 0.222. The van der Waals surface area contributed by atoms with Crippen LogP contribution in [-0.4, -0.2) is 51.2 Å². The number of aliphatic carboxylic acids is 1. The Labute approximate surface area is 215 Å². The second-order valence-electron chi connectivity index (χ2n) is 8.56. The van der Waals surface area contributed by atoms with Crippen LogP contribution in [0.3, 0.4) is 0 Å². The molecule has 0 saturated carbocycles. The molecule has 3 aromatic carbocycles. The zero-order valence-corrected chi connectivity index (χ0v) is 20.0. The number of carboxylic acids is 1. The highest BCUT2D eigenvalue weighted by molar-refractivity contribution is 6.01. The van der Waals surface area contributed by atoms with Crippen molar-refractivity contribution in [1.29, 1.82) is 0 Å². The predicted molar refractivity (Wildman–Crippen MR) is 132 cm³/mol. The van der Waals surface area contributed by atoms with Crippen molar-refractivity contribution in [1.82, 2.24) is 15.1 Å². The number of hydrogen-bond acceptors (Lipinski definition) is 5. The molecule has 1 unspecified atom stereocenters. The summed E-state index contributed by atoms with van der Waals surface area (Å²) in [5.41, 5.74) is 3.45. The van der Waals surface area contributed by atoms with Gasteiger partial charge in [-0.05, 0) is 40.5 Å². The normalized spacial score (nSPS) is 14.8. The number of nitrogens with one attached hydrogen (secondary N) is 1. The number of aromatic nitrogens is 2. The van der Waals surface area contributed by atoms with Gasteiger partial charge in [0.1, 0.15) is 11.9 Å². The highest BCUT2D eigenvalue weighted by Gasteiger charge is 2.38. The number of amides is 1. The predicted octanol–water partition coefficient (Wildman–Crippen LogP) is 4.47. The fourth-order valence-corrected chi connectivity index (χ4v) is 4.03. The molecule has 38 heavy (non-hydrogen) atoms. The molecule has 1 aromatic heterocycles. The van der Waals surface area contributed by atoms with Crippen molar-refractivity contribution >= 4 is 22.6 Å². The van der Waals surface area contributed by atoms with Crippen molar-refractivity contribution in [2.75, 3.05) is 13.2 Å². The molecular formula is C27H24F3N3O5. The van der Waals surface area contributed by atoms with E-state index < -0.39 is 12.1 Å². The van der Waals surface area contributed by atoms with E-state index in [1.165, 1.54) is 5.56 Å². The minimum Gasteiger partial charge on any atom is -0.507 e. The summed E-state index contributed by atoms with van der Waals surface area (Å²) in [6.07, 6.45) is -2.53. The first-order chi connectivity index (χ1) is 18.1. The van der Waals surface area contributed by atoms with E-state index >= 15 is 0 Å². The number of fused-ring (bicyclic) bond motifs is 2. The summed E-state index contributed by atoms with van der Waals surface area (Å²) in [5, 5.41) is 26.9. The number of hydrogen-bond donors (Lipinski definition) is 3. The maximum absolute atomic E-state index is 12.8. The molecule has 2 heterocycles. The number of carboxylic acid groups (broad SMARTS) is 1. The van der Waals surface area contributed by atoms with E-state index in [9.17, 15) is 23.1 Å². The molecule has 0 aliphatic carbocycles. The zero-order chi connectivity index (χ0) is 27.3. The van der Waals surface area contributed by atoms with Crippen LogP contribution >= 0.6 is 0 Å². The maximum Gasteiger partial charge on any atom is 0.490 e. The number of alkyl halides is 3. The molecule has 8 nitrogen and oxygen atoms in total. The van der Waals surface area contributed by atoms with E-state index in [2.05, 4.69) is 23.6 Å². The van der Waals surface area contributed by atoms with Gasteiger partial charge in [0, 0.05) is 12.7 Å². The van der Waals surface area contributed by atoms with Crippen LogP contribution in [0, 0.1) is 0 Å². The lowest BCUT2D eigenvalue weighted by atomic mass is 10.0. The van der Waals surface area contributed by atoms with Crippen molar-refractivity contribution < 1.29 is 37.7 Å². The number of phenols is 1. The molecular weight excluding hydrogens is 503 g/mol. The Morgan fingerprint density at radius 3 is 2.34 bits per heavy atom. The van der Waals surface area contributed by atoms with Gasteiger partial charge in [0.2, 0.25) is 0 Å². The summed E-state index contributed by atoms with van der Waals surface area (Å²) in [6.45, 7) is 1.57. The fourth-order valence-electron chi connectivity index (χ4n) is 4.03. The summed E-state index contributed by atoms with van der Waals surface area (Å²) in [7, 11) is 0. The average molecular weight is 527 g/mol. The minimum absolute atomic E-state index is 0.0337. The summed E-state index contributed by atoms with van der Waals surface area (Å²) < 4.78 is 39.6. The standard InChI is InChI=1S/C25H23N3O3.C2HF3O2/c29-22-13-19-9-5-4-8-18(19)12-21(22)25(30)26-14-23-24-20(10-11-31-23)16-28(27-24)15-17-6-2-1-3-7-17;3-2(4,5)1(6)7/h1-9,12-13,16,23,29H,10-11,14-15H2,(H,26,30);(H,6,7). The lowest BCUT2D eigenvalue weighted by Crippen LogP contribution is -2.32. The molecule has 1 aliphatic rings. The molecule has 0 saturated heterocycles. The lowest BCUT2D eigenvalue weighted by molar-refractivity contribution is -0.192. The van der Waals surface area contributed by atoms with E-state index in [1.54, 1.807) is 12.1 Å². The third kappa shape index (κ3) is 6.48. The van der Waals surface area contributed by atoms with Gasteiger partial charge in [-0.15, -0.1) is 0 Å². The minimum atomic E-state index is -5.08. The first kappa shape index (κ1) is 26.7. The van der Waals surface area contributed by atoms with Gasteiger partial charge in [-0.1, -0.05) is 54.6 Å². The van der Waals surface area contributed by atoms with Crippen molar-refractivity contribution in [2.24, 2.45) is 0 Å². The molecule has 4 aromatic rings. The van der Waals surface area contributed by atoms with Crippen molar-refractivity contribution in [3.05, 3.63) is 95.3 Å². The van der Waals surface area contributed by atoms with Crippen LogP contribution in [0.5, 0.6) is 5.75 Å². The first-order valence-electron chi connectivity index (χ1n) is 11.6. The Balaban J connectivity index is 0.000000426. The molecule has 0 radical (unpaired) electrons. The third-order valence-corrected chi connectivity index (χ3v) is 5.85. The molecule has 0 spiro atoms. The largest absolute Gasteiger partial charge is 0.507 e. The first-order valence-corrected chi connectivity index (χ1v) is 11.6. The Morgan fingerprint density at radius 2 is 1.68 bits per heavy atom. The zero-order valence-electron chi connectivity index (χ0n) is 20.0. The van der Waals surface area contributed by atoms with Gasteiger partial charge >= 0.3 is 12.1 Å². The second kappa shape index (κ2) is 11.3. The highest BCUT2D eigenvalue weighted by Crippen LogP contribution is 2.27. The van der Waals surface area contributed by atoms with Crippen LogP contribution in [-0.2, 0) is 22.5 Å². The van der Waals surface area contributed by atoms with Gasteiger partial charge < -0.3 is 20.3 Å². The molecule has 5 rings (SSSR count). The van der Waals surface area contributed by atoms with Crippen molar-refractivity contribution in [3.63, 3.8) is 0 Å². The second-order valence-corrected chi connectivity index (χ2v) is 8.56. The lowest BCUT2D eigenvalue weighted by Gasteiger charge is -2.22. The van der Waals surface area contributed by atoms with Crippen LogP contribution in [0.15, 0.2) is 72.9 Å². The molecule has 1 amide bonds. The molecule has 0 bridgehead atoms. The Kier molecular flexibility index (Phi) is 7.96. The summed E-state index contributed by atoms with van der Waals surface area (Å²) in [4.78, 5) is 21.7. The summed E-state index contributed by atoms with van der Waals surface area (Å²) in [6, 6.07) is 21.1. The van der Waals surface area contributed by atoms with E-state index in [0.29, 0.717) is 19.7 Å². The van der Waals surface area contributed by atoms with Gasteiger partial charge in [-0.3, -0.25) is 9.48 Å². The van der Waals surface area contributed by atoms with Gasteiger partial charge in [-0.2, -0.15) is 18.3 Å². The highest BCUT2D eigenvalue weighted by atomic mass is 19.4. The summed E-state index contributed by atoms with van der Waals surface area (Å²) in [5.74, 6) is -3.12. The number of carbonyl (C=O) groups is 2. The van der Waals surface area contributed by atoms with Crippen LogP contribution in [0.25, 0.3) is 10.8 Å². The van der Waals surface area contributed by atoms with E-state index in [-0.39, 0.29) is 23.3 Å². The smallest absolute Gasteiger partial charge is 0.490 e. The Hall–Kier alpha value is -4.38. The number of ether oxygens (including phenoxy) is 1. The Morgan fingerprint density at radius 1 is 1.05 bits per heavy atom. The number of rotatable bonds is 5. The average Bonchev–Trinajstić information content (AvgIpc) is 3.30. The van der Waals surface area contributed by atoms with Gasteiger partial charge in [0.25, 0.3) is 5.91 Å². The van der Waals surface area contributed by atoms with Crippen LogP contribution in [0.4, 0.5) is 13.2 Å². The number of halogens is 3.